The number of hydrogen-bond acceptors (Lipinski definition) is 4. The van der Waals surface area contributed by atoms with E-state index in [1.54, 1.807) is 0 Å². The number of hydrogen-bond donors (Lipinski definition) is 2. The van der Waals surface area contributed by atoms with E-state index in [-0.39, 0.29) is 21.2 Å². The van der Waals surface area contributed by atoms with Crippen LogP contribution >= 0.6 is 11.8 Å². The van der Waals surface area contributed by atoms with Crippen molar-refractivity contribution in [2.45, 2.75) is 21.7 Å². The van der Waals surface area contributed by atoms with Gasteiger partial charge < -0.3 is 0 Å². The SMILES string of the molecule is NS(=O)(=O)c1ccc(-c2cc(F)cc3c2-c2n[nH]c(C(F)(F)F)c2SC3)cc1. The third-order valence-corrected chi connectivity index (χ3v) is 6.36. The summed E-state index contributed by atoms with van der Waals surface area (Å²) in [5.41, 5.74) is 0.769. The lowest BCUT2D eigenvalue weighted by Gasteiger charge is -2.20. The average Bonchev–Trinajstić information content (AvgIpc) is 3.04. The first-order valence-corrected chi connectivity index (χ1v) is 10.3. The molecule has 0 aliphatic carbocycles. The molecule has 1 aliphatic rings. The van der Waals surface area contributed by atoms with Crippen molar-refractivity contribution in [3.05, 3.63) is 53.5 Å². The maximum Gasteiger partial charge on any atom is 0.433 e. The zero-order chi connectivity index (χ0) is 20.3. The Morgan fingerprint density at radius 3 is 2.43 bits per heavy atom. The van der Waals surface area contributed by atoms with Gasteiger partial charge in [0.15, 0.2) is 5.69 Å². The molecule has 0 fully saturated rings. The fourth-order valence-electron chi connectivity index (χ4n) is 3.09. The average molecular weight is 429 g/mol. The molecule has 0 saturated heterocycles. The number of nitrogens with two attached hydrogens (primary N) is 1. The number of rotatable bonds is 2. The van der Waals surface area contributed by atoms with Crippen molar-refractivity contribution < 1.29 is 26.0 Å². The highest BCUT2D eigenvalue weighted by atomic mass is 32.2. The molecule has 2 heterocycles. The Kier molecular flexibility index (Phi) is 4.28. The maximum absolute atomic E-state index is 14.1. The number of thioether (sulfide) groups is 1. The van der Waals surface area contributed by atoms with Gasteiger partial charge in [0, 0.05) is 11.3 Å². The lowest BCUT2D eigenvalue weighted by atomic mass is 9.93. The van der Waals surface area contributed by atoms with Crippen molar-refractivity contribution >= 4 is 21.8 Å². The number of aromatic nitrogens is 2. The van der Waals surface area contributed by atoms with Gasteiger partial charge in [-0.2, -0.15) is 18.3 Å². The van der Waals surface area contributed by atoms with Crippen LogP contribution in [0.2, 0.25) is 0 Å². The summed E-state index contributed by atoms with van der Waals surface area (Å²) in [6.45, 7) is 0. The molecule has 2 aromatic carbocycles. The third-order valence-electron chi connectivity index (χ3n) is 4.29. The molecule has 0 radical (unpaired) electrons. The van der Waals surface area contributed by atoms with Crippen molar-refractivity contribution in [1.29, 1.82) is 0 Å². The number of nitrogens with one attached hydrogen (secondary N) is 1. The summed E-state index contributed by atoms with van der Waals surface area (Å²) in [5.74, 6) is -0.412. The Labute approximate surface area is 161 Å². The summed E-state index contributed by atoms with van der Waals surface area (Å²) in [6.07, 6.45) is -4.59. The first kappa shape index (κ1) is 19.0. The van der Waals surface area contributed by atoms with Crippen LogP contribution in [0.3, 0.4) is 0 Å². The molecule has 1 aliphatic heterocycles. The number of sulfonamides is 1. The Hall–Kier alpha value is -2.37. The second-order valence-electron chi connectivity index (χ2n) is 6.12. The Morgan fingerprint density at radius 1 is 1.14 bits per heavy atom. The minimum Gasteiger partial charge on any atom is -0.272 e. The minimum atomic E-state index is -4.59. The molecular weight excluding hydrogens is 418 g/mol. The van der Waals surface area contributed by atoms with Crippen molar-refractivity contribution in [3.8, 4) is 22.4 Å². The number of halogens is 4. The molecule has 0 bridgehead atoms. The van der Waals surface area contributed by atoms with Gasteiger partial charge in [0.05, 0.1) is 9.79 Å². The van der Waals surface area contributed by atoms with Crippen molar-refractivity contribution in [3.63, 3.8) is 0 Å². The van der Waals surface area contributed by atoms with E-state index in [9.17, 15) is 26.0 Å². The smallest absolute Gasteiger partial charge is 0.272 e. The number of primary sulfonamides is 1. The number of fused-ring (bicyclic) bond motifs is 3. The number of benzene rings is 2. The summed E-state index contributed by atoms with van der Waals surface area (Å²) in [7, 11) is -3.91. The minimum absolute atomic E-state index is 0.0472. The summed E-state index contributed by atoms with van der Waals surface area (Å²) in [5, 5.41) is 10.9. The number of H-pyrrole nitrogens is 1. The first-order chi connectivity index (χ1) is 13.1. The Morgan fingerprint density at radius 2 is 1.82 bits per heavy atom. The number of nitrogens with zero attached hydrogens (tertiary/aromatic N) is 1. The predicted octanol–water partition coefficient (Wildman–Crippen LogP) is 4.15. The van der Waals surface area contributed by atoms with Crippen LogP contribution in [-0.2, 0) is 22.0 Å². The molecule has 3 N–H and O–H groups in total. The van der Waals surface area contributed by atoms with E-state index in [4.69, 9.17) is 5.14 Å². The van der Waals surface area contributed by atoms with E-state index in [0.29, 0.717) is 22.3 Å². The van der Waals surface area contributed by atoms with E-state index in [0.717, 1.165) is 11.8 Å². The Bertz CT molecular complexity index is 1190. The zero-order valence-electron chi connectivity index (χ0n) is 13.8. The molecular formula is C17H11F4N3O2S2. The summed E-state index contributed by atoms with van der Waals surface area (Å²) in [6, 6.07) is 7.81. The third kappa shape index (κ3) is 3.19. The van der Waals surface area contributed by atoms with Crippen LogP contribution in [0.1, 0.15) is 11.3 Å². The van der Waals surface area contributed by atoms with Gasteiger partial charge in [-0.05, 0) is 41.0 Å². The van der Waals surface area contributed by atoms with Crippen LogP contribution in [-0.4, -0.2) is 18.6 Å². The summed E-state index contributed by atoms with van der Waals surface area (Å²) in [4.78, 5) is -0.175. The van der Waals surface area contributed by atoms with Gasteiger partial charge in [0.25, 0.3) is 0 Å². The Balaban J connectivity index is 1.92. The molecule has 28 heavy (non-hydrogen) atoms. The second-order valence-corrected chi connectivity index (χ2v) is 8.67. The van der Waals surface area contributed by atoms with Crippen molar-refractivity contribution in [2.24, 2.45) is 5.14 Å². The topological polar surface area (TPSA) is 88.8 Å². The normalized spacial score (nSPS) is 13.9. The van der Waals surface area contributed by atoms with Crippen molar-refractivity contribution in [2.75, 3.05) is 0 Å². The van der Waals surface area contributed by atoms with Crippen LogP contribution in [0.5, 0.6) is 0 Å². The van der Waals surface area contributed by atoms with Crippen LogP contribution in [0, 0.1) is 5.82 Å². The highest BCUT2D eigenvalue weighted by Gasteiger charge is 2.39. The van der Waals surface area contributed by atoms with E-state index in [1.807, 2.05) is 5.10 Å². The van der Waals surface area contributed by atoms with Gasteiger partial charge in [0.2, 0.25) is 10.0 Å². The van der Waals surface area contributed by atoms with Gasteiger partial charge in [-0.15, -0.1) is 11.8 Å². The fourth-order valence-corrected chi connectivity index (χ4v) is 4.73. The largest absolute Gasteiger partial charge is 0.433 e. The second kappa shape index (κ2) is 6.33. The molecule has 5 nitrogen and oxygen atoms in total. The van der Waals surface area contributed by atoms with E-state index < -0.39 is 27.7 Å². The molecule has 0 spiro atoms. The van der Waals surface area contributed by atoms with Crippen molar-refractivity contribution in [1.82, 2.24) is 10.2 Å². The number of aromatic amines is 1. The van der Waals surface area contributed by atoms with Gasteiger partial charge >= 0.3 is 6.18 Å². The van der Waals surface area contributed by atoms with Gasteiger partial charge in [-0.1, -0.05) is 12.1 Å². The molecule has 11 heteroatoms. The summed E-state index contributed by atoms with van der Waals surface area (Å²) < 4.78 is 76.6. The first-order valence-electron chi connectivity index (χ1n) is 7.80. The monoisotopic (exact) mass is 429 g/mol. The maximum atomic E-state index is 14.1. The molecule has 0 atom stereocenters. The highest BCUT2D eigenvalue weighted by Crippen LogP contribution is 2.49. The molecule has 0 unspecified atom stereocenters. The van der Waals surface area contributed by atoms with Gasteiger partial charge in [-0.3, -0.25) is 5.10 Å². The molecule has 146 valence electrons. The van der Waals surface area contributed by atoms with Crippen LogP contribution in [0.4, 0.5) is 17.6 Å². The van der Waals surface area contributed by atoms with Crippen LogP contribution in [0.15, 0.2) is 46.2 Å². The molecule has 1 aromatic heterocycles. The summed E-state index contributed by atoms with van der Waals surface area (Å²) >= 11 is 0.934. The zero-order valence-corrected chi connectivity index (χ0v) is 15.5. The van der Waals surface area contributed by atoms with E-state index in [1.165, 1.54) is 36.4 Å². The predicted molar refractivity (Wildman–Crippen MR) is 95.4 cm³/mol. The molecule has 4 rings (SSSR count). The van der Waals surface area contributed by atoms with Crippen LogP contribution < -0.4 is 5.14 Å². The van der Waals surface area contributed by atoms with E-state index >= 15 is 0 Å². The number of alkyl halides is 3. The quantitative estimate of drug-likeness (QED) is 0.599. The standard InChI is InChI=1S/C17H11F4N3O2S2/c18-10-5-9-7-27-15-14(23-24-16(15)17(19,20)21)13(9)12(6-10)8-1-3-11(4-2-8)28(22,25)26/h1-6H,7H2,(H,23,24)(H2,22,25,26). The molecule has 0 saturated carbocycles. The highest BCUT2D eigenvalue weighted by molar-refractivity contribution is 7.98. The lowest BCUT2D eigenvalue weighted by Crippen LogP contribution is -2.11. The van der Waals surface area contributed by atoms with E-state index in [2.05, 4.69) is 5.10 Å². The molecule has 0 amide bonds. The van der Waals surface area contributed by atoms with Gasteiger partial charge in [0.1, 0.15) is 11.5 Å². The lowest BCUT2D eigenvalue weighted by molar-refractivity contribution is -0.143. The van der Waals surface area contributed by atoms with Crippen LogP contribution in [0.25, 0.3) is 22.4 Å². The molecule has 3 aromatic rings. The fraction of sp³-hybridized carbons (Fsp3) is 0.118. The van der Waals surface area contributed by atoms with Gasteiger partial charge in [-0.25, -0.2) is 17.9 Å².